The fourth-order valence-electron chi connectivity index (χ4n) is 3.74. The number of nitrogens with zero attached hydrogens (tertiary/aromatic N) is 1. The van der Waals surface area contributed by atoms with Crippen molar-refractivity contribution in [3.05, 3.63) is 0 Å². The number of nitrogens with two attached hydrogens (primary N) is 1. The molecule has 116 valence electrons. The van der Waals surface area contributed by atoms with Crippen LogP contribution in [0.1, 0.15) is 58.3 Å². The van der Waals surface area contributed by atoms with Crippen molar-refractivity contribution in [1.82, 2.24) is 10.2 Å². The Labute approximate surface area is 123 Å². The Hall–Kier alpha value is -0.610. The molecule has 4 heteroatoms. The SMILES string of the molecule is CCCN1CCCC(NC2CCC(C(N)=O)CC2)CC1. The lowest BCUT2D eigenvalue weighted by molar-refractivity contribution is -0.122. The van der Waals surface area contributed by atoms with E-state index in [1.165, 1.54) is 45.3 Å². The zero-order chi connectivity index (χ0) is 14.4. The molecule has 0 spiro atoms. The highest BCUT2D eigenvalue weighted by molar-refractivity contribution is 5.76. The third-order valence-electron chi connectivity index (χ3n) is 4.96. The number of likely N-dealkylation sites (tertiary alicyclic amines) is 1. The molecule has 1 amide bonds. The summed E-state index contributed by atoms with van der Waals surface area (Å²) in [6.07, 6.45) is 9.32. The smallest absolute Gasteiger partial charge is 0.220 e. The standard InChI is InChI=1S/C16H31N3O/c1-2-10-19-11-3-4-14(9-12-19)18-15-7-5-13(6-8-15)16(17)20/h13-15,18H,2-12H2,1H3,(H2,17,20). The Morgan fingerprint density at radius 2 is 1.80 bits per heavy atom. The fraction of sp³-hybridized carbons (Fsp3) is 0.938. The molecule has 1 saturated carbocycles. The molecule has 1 atom stereocenters. The van der Waals surface area contributed by atoms with E-state index in [4.69, 9.17) is 5.73 Å². The van der Waals surface area contributed by atoms with Gasteiger partial charge < -0.3 is 16.0 Å². The summed E-state index contributed by atoms with van der Waals surface area (Å²) in [5.41, 5.74) is 5.40. The van der Waals surface area contributed by atoms with Crippen LogP contribution < -0.4 is 11.1 Å². The molecule has 20 heavy (non-hydrogen) atoms. The predicted octanol–water partition coefficient (Wildman–Crippen LogP) is 1.88. The fourth-order valence-corrected chi connectivity index (χ4v) is 3.74. The van der Waals surface area contributed by atoms with Crippen LogP contribution in [0.2, 0.25) is 0 Å². The molecule has 0 aromatic carbocycles. The van der Waals surface area contributed by atoms with Gasteiger partial charge in [-0.25, -0.2) is 0 Å². The number of carbonyl (C=O) groups excluding carboxylic acids is 1. The first-order chi connectivity index (χ1) is 9.69. The molecule has 2 aliphatic rings. The van der Waals surface area contributed by atoms with E-state index in [9.17, 15) is 4.79 Å². The molecule has 1 aliphatic heterocycles. The minimum absolute atomic E-state index is 0.104. The van der Waals surface area contributed by atoms with Gasteiger partial charge in [0, 0.05) is 18.0 Å². The van der Waals surface area contributed by atoms with Gasteiger partial charge in [-0.2, -0.15) is 0 Å². The highest BCUT2D eigenvalue weighted by atomic mass is 16.1. The van der Waals surface area contributed by atoms with E-state index in [2.05, 4.69) is 17.1 Å². The topological polar surface area (TPSA) is 58.4 Å². The van der Waals surface area contributed by atoms with Gasteiger partial charge in [-0.1, -0.05) is 6.92 Å². The summed E-state index contributed by atoms with van der Waals surface area (Å²) in [5, 5.41) is 3.84. The highest BCUT2D eigenvalue weighted by Gasteiger charge is 2.26. The van der Waals surface area contributed by atoms with E-state index in [0.717, 1.165) is 25.7 Å². The third-order valence-corrected chi connectivity index (χ3v) is 4.96. The van der Waals surface area contributed by atoms with E-state index >= 15 is 0 Å². The lowest BCUT2D eigenvalue weighted by atomic mass is 9.85. The van der Waals surface area contributed by atoms with Gasteiger partial charge >= 0.3 is 0 Å². The van der Waals surface area contributed by atoms with Crippen LogP contribution in [0.15, 0.2) is 0 Å². The van der Waals surface area contributed by atoms with Gasteiger partial charge in [-0.3, -0.25) is 4.79 Å². The third kappa shape index (κ3) is 4.74. The molecule has 1 unspecified atom stereocenters. The molecule has 1 aliphatic carbocycles. The van der Waals surface area contributed by atoms with E-state index < -0.39 is 0 Å². The number of carbonyl (C=O) groups is 1. The van der Waals surface area contributed by atoms with Crippen molar-refractivity contribution >= 4 is 5.91 Å². The van der Waals surface area contributed by atoms with Crippen molar-refractivity contribution in [3.8, 4) is 0 Å². The van der Waals surface area contributed by atoms with Crippen molar-refractivity contribution < 1.29 is 4.79 Å². The first kappa shape index (κ1) is 15.8. The number of hydrogen-bond acceptors (Lipinski definition) is 3. The van der Waals surface area contributed by atoms with Gasteiger partial charge in [0.1, 0.15) is 0 Å². The van der Waals surface area contributed by atoms with Crippen LogP contribution >= 0.6 is 0 Å². The Kier molecular flexibility index (Phi) is 6.30. The van der Waals surface area contributed by atoms with Gasteiger partial charge in [0.25, 0.3) is 0 Å². The normalized spacial score (nSPS) is 32.8. The second-order valence-electron chi connectivity index (χ2n) is 6.59. The number of hydrogen-bond donors (Lipinski definition) is 2. The molecule has 4 nitrogen and oxygen atoms in total. The lowest BCUT2D eigenvalue weighted by Crippen LogP contribution is -2.42. The number of rotatable bonds is 5. The Balaban J connectivity index is 1.70. The molecular formula is C16H31N3O. The van der Waals surface area contributed by atoms with Crippen LogP contribution in [0.4, 0.5) is 0 Å². The van der Waals surface area contributed by atoms with Crippen molar-refractivity contribution in [2.45, 2.75) is 70.4 Å². The van der Waals surface area contributed by atoms with Crippen LogP contribution in [-0.4, -0.2) is 42.5 Å². The molecule has 0 bridgehead atoms. The number of primary amides is 1. The quantitative estimate of drug-likeness (QED) is 0.809. The van der Waals surface area contributed by atoms with Crippen LogP contribution in [0.3, 0.4) is 0 Å². The summed E-state index contributed by atoms with van der Waals surface area (Å²) in [4.78, 5) is 13.8. The van der Waals surface area contributed by atoms with E-state index in [1.54, 1.807) is 0 Å². The van der Waals surface area contributed by atoms with Gasteiger partial charge in [0.05, 0.1) is 0 Å². The minimum atomic E-state index is -0.104. The molecule has 0 radical (unpaired) electrons. The molecule has 1 saturated heterocycles. The summed E-state index contributed by atoms with van der Waals surface area (Å²) >= 11 is 0. The molecule has 0 aromatic rings. The second-order valence-corrected chi connectivity index (χ2v) is 6.59. The Bertz CT molecular complexity index is 300. The molecular weight excluding hydrogens is 250 g/mol. The zero-order valence-electron chi connectivity index (χ0n) is 12.9. The molecule has 2 rings (SSSR count). The van der Waals surface area contributed by atoms with Crippen LogP contribution in [0, 0.1) is 5.92 Å². The Morgan fingerprint density at radius 1 is 1.10 bits per heavy atom. The number of nitrogens with one attached hydrogen (secondary N) is 1. The summed E-state index contributed by atoms with van der Waals surface area (Å²) < 4.78 is 0. The van der Waals surface area contributed by atoms with Crippen molar-refractivity contribution in [2.24, 2.45) is 11.7 Å². The molecule has 0 aromatic heterocycles. The average Bonchev–Trinajstić information content (AvgIpc) is 2.66. The van der Waals surface area contributed by atoms with Gasteiger partial charge in [-0.05, 0) is 71.0 Å². The lowest BCUT2D eigenvalue weighted by Gasteiger charge is -2.31. The highest BCUT2D eigenvalue weighted by Crippen LogP contribution is 2.25. The van der Waals surface area contributed by atoms with Crippen molar-refractivity contribution in [1.29, 1.82) is 0 Å². The second kappa shape index (κ2) is 7.99. The van der Waals surface area contributed by atoms with Crippen LogP contribution in [0.5, 0.6) is 0 Å². The largest absolute Gasteiger partial charge is 0.369 e. The van der Waals surface area contributed by atoms with Gasteiger partial charge in [0.15, 0.2) is 0 Å². The number of amides is 1. The predicted molar refractivity (Wildman–Crippen MR) is 82.4 cm³/mol. The van der Waals surface area contributed by atoms with Crippen molar-refractivity contribution in [2.75, 3.05) is 19.6 Å². The van der Waals surface area contributed by atoms with E-state index in [1.807, 2.05) is 0 Å². The maximum atomic E-state index is 11.2. The zero-order valence-corrected chi connectivity index (χ0v) is 12.9. The molecule has 1 heterocycles. The maximum Gasteiger partial charge on any atom is 0.220 e. The summed E-state index contributed by atoms with van der Waals surface area (Å²) in [6.45, 7) is 6.01. The molecule has 2 fully saturated rings. The van der Waals surface area contributed by atoms with Gasteiger partial charge in [0.2, 0.25) is 5.91 Å². The average molecular weight is 281 g/mol. The van der Waals surface area contributed by atoms with Crippen molar-refractivity contribution in [3.63, 3.8) is 0 Å². The monoisotopic (exact) mass is 281 g/mol. The van der Waals surface area contributed by atoms with E-state index in [0.29, 0.717) is 12.1 Å². The van der Waals surface area contributed by atoms with Gasteiger partial charge in [-0.15, -0.1) is 0 Å². The summed E-state index contributed by atoms with van der Waals surface area (Å²) in [7, 11) is 0. The van der Waals surface area contributed by atoms with Crippen LogP contribution in [-0.2, 0) is 4.79 Å². The van der Waals surface area contributed by atoms with Crippen LogP contribution in [0.25, 0.3) is 0 Å². The Morgan fingerprint density at radius 3 is 2.45 bits per heavy atom. The first-order valence-corrected chi connectivity index (χ1v) is 8.46. The summed E-state index contributed by atoms with van der Waals surface area (Å²) in [6, 6.07) is 1.28. The van der Waals surface area contributed by atoms with E-state index in [-0.39, 0.29) is 11.8 Å². The molecule has 3 N–H and O–H groups in total. The minimum Gasteiger partial charge on any atom is -0.369 e. The summed E-state index contributed by atoms with van der Waals surface area (Å²) in [5.74, 6) is 0.0235. The maximum absolute atomic E-state index is 11.2. The first-order valence-electron chi connectivity index (χ1n) is 8.46.